The quantitative estimate of drug-likeness (QED) is 0.206. The van der Waals surface area contributed by atoms with Crippen molar-refractivity contribution in [3.8, 4) is 0 Å². The van der Waals surface area contributed by atoms with Crippen LogP contribution in [0.15, 0.2) is 34.3 Å². The van der Waals surface area contributed by atoms with Crippen LogP contribution in [0.25, 0.3) is 10.4 Å². The summed E-state index contributed by atoms with van der Waals surface area (Å²) >= 11 is 10.9. The van der Waals surface area contributed by atoms with Crippen molar-refractivity contribution >= 4 is 44.9 Å². The molecule has 2 atom stereocenters. The lowest BCUT2D eigenvalue weighted by Crippen LogP contribution is -2.44. The summed E-state index contributed by atoms with van der Waals surface area (Å²) in [5, 5.41) is 5.24. The maximum Gasteiger partial charge on any atom is 0.312 e. The van der Waals surface area contributed by atoms with Crippen molar-refractivity contribution < 1.29 is 27.1 Å². The molecule has 1 aromatic carbocycles. The van der Waals surface area contributed by atoms with Crippen molar-refractivity contribution in [3.63, 3.8) is 0 Å². The zero-order valence-electron chi connectivity index (χ0n) is 13.9. The van der Waals surface area contributed by atoms with E-state index in [4.69, 9.17) is 33.5 Å². The minimum Gasteiger partial charge on any atom is -0.455 e. The third-order valence-corrected chi connectivity index (χ3v) is 4.74. The number of hydrogen-bond acceptors (Lipinski definition) is 6. The van der Waals surface area contributed by atoms with Gasteiger partial charge in [0, 0.05) is 11.2 Å². The number of esters is 1. The fraction of sp³-hybridized carbons (Fsp3) is 0.429. The summed E-state index contributed by atoms with van der Waals surface area (Å²) in [6, 6.07) is 3.71. The van der Waals surface area contributed by atoms with Crippen molar-refractivity contribution in [2.45, 2.75) is 21.9 Å². The summed E-state index contributed by atoms with van der Waals surface area (Å²) < 4.78 is 41.7. The molecule has 0 bridgehead atoms. The molecule has 1 rings (SSSR count). The predicted molar refractivity (Wildman–Crippen MR) is 95.8 cm³/mol. The number of rotatable bonds is 9. The molecule has 0 aliphatic carbocycles. The van der Waals surface area contributed by atoms with Crippen LogP contribution >= 0.6 is 23.2 Å². The predicted octanol–water partition coefficient (Wildman–Crippen LogP) is 2.24. The first-order chi connectivity index (χ1) is 12.6. The van der Waals surface area contributed by atoms with E-state index in [-0.39, 0.29) is 10.5 Å². The normalized spacial score (nSPS) is 13.4. The lowest BCUT2D eigenvalue weighted by Gasteiger charge is -2.26. The van der Waals surface area contributed by atoms with Crippen LogP contribution in [0.1, 0.15) is 11.7 Å². The van der Waals surface area contributed by atoms with E-state index in [0.717, 1.165) is 6.26 Å². The topological polar surface area (TPSA) is 138 Å². The summed E-state index contributed by atoms with van der Waals surface area (Å²) in [4.78, 5) is 24.4. The number of halogens is 3. The molecular weight excluding hydrogens is 426 g/mol. The molecule has 0 fully saturated rings. The Hall–Kier alpha value is -2.07. The van der Waals surface area contributed by atoms with E-state index < -0.39 is 51.9 Å². The molecule has 1 N–H and O–H groups in total. The molecule has 0 saturated heterocycles. The van der Waals surface area contributed by atoms with Gasteiger partial charge in [-0.05, 0) is 23.2 Å². The smallest absolute Gasteiger partial charge is 0.312 e. The zero-order valence-corrected chi connectivity index (χ0v) is 16.2. The Morgan fingerprint density at radius 3 is 2.37 bits per heavy atom. The second-order valence-electron chi connectivity index (χ2n) is 5.21. The number of amides is 1. The molecule has 0 saturated carbocycles. The maximum atomic E-state index is 13.5. The van der Waals surface area contributed by atoms with Crippen LogP contribution < -0.4 is 5.32 Å². The summed E-state index contributed by atoms with van der Waals surface area (Å²) in [6.07, 6.45) is -0.341. The molecule has 13 heteroatoms. The van der Waals surface area contributed by atoms with Gasteiger partial charge >= 0.3 is 5.97 Å². The SMILES string of the molecule is CS(=O)(=O)c1ccc([C@@H](OC(=O)CN=[N+]=[N-])[C@@H](CF)NC(=O)C(Cl)Cl)cc1. The Morgan fingerprint density at radius 1 is 1.33 bits per heavy atom. The van der Waals surface area contributed by atoms with Gasteiger partial charge in [-0.3, -0.25) is 9.59 Å². The van der Waals surface area contributed by atoms with Gasteiger partial charge in [-0.15, -0.1) is 0 Å². The molecule has 0 aliphatic rings. The largest absolute Gasteiger partial charge is 0.455 e. The van der Waals surface area contributed by atoms with E-state index in [1.807, 2.05) is 0 Å². The summed E-state index contributed by atoms with van der Waals surface area (Å²) in [6.45, 7) is -1.81. The number of carbonyl (C=O) groups excluding carboxylic acids is 2. The van der Waals surface area contributed by atoms with Crippen LogP contribution in [-0.4, -0.2) is 50.6 Å². The fourth-order valence-electron chi connectivity index (χ4n) is 2.00. The number of nitrogens with one attached hydrogen (secondary N) is 1. The molecule has 27 heavy (non-hydrogen) atoms. The van der Waals surface area contributed by atoms with Crippen LogP contribution in [0.3, 0.4) is 0 Å². The Balaban J connectivity index is 3.20. The Kier molecular flexibility index (Phi) is 8.77. The number of sulfone groups is 1. The highest BCUT2D eigenvalue weighted by atomic mass is 35.5. The lowest BCUT2D eigenvalue weighted by molar-refractivity contribution is -0.150. The number of hydrogen-bond donors (Lipinski definition) is 1. The monoisotopic (exact) mass is 440 g/mol. The molecule has 0 aromatic heterocycles. The molecule has 0 heterocycles. The first-order valence-corrected chi connectivity index (χ1v) is 10.0. The minimum absolute atomic E-state index is 0.00665. The van der Waals surface area contributed by atoms with Crippen LogP contribution in [0.4, 0.5) is 4.39 Å². The standard InChI is InChI=1S/C14H15Cl2FN4O5S/c1-27(24,25)9-4-2-8(3-5-9)12(26-11(22)7-19-21-18)10(6-17)20-14(23)13(15)16/h2-5,10,12-13H,6-7H2,1H3,(H,20,23)/t10-,12-/m1/s1. The first kappa shape index (κ1) is 23.0. The third kappa shape index (κ3) is 7.22. The van der Waals surface area contributed by atoms with Crippen molar-refractivity contribution in [2.24, 2.45) is 5.11 Å². The Morgan fingerprint density at radius 2 is 1.93 bits per heavy atom. The number of ether oxygens (including phenoxy) is 1. The summed E-state index contributed by atoms with van der Waals surface area (Å²) in [7, 11) is -3.48. The van der Waals surface area contributed by atoms with E-state index in [2.05, 4.69) is 15.3 Å². The molecule has 9 nitrogen and oxygen atoms in total. The number of benzene rings is 1. The molecule has 148 valence electrons. The first-order valence-electron chi connectivity index (χ1n) is 7.25. The van der Waals surface area contributed by atoms with Crippen LogP contribution in [0.5, 0.6) is 0 Å². The number of nitrogens with zero attached hydrogens (tertiary/aromatic N) is 3. The van der Waals surface area contributed by atoms with Crippen molar-refractivity contribution in [2.75, 3.05) is 19.5 Å². The fourth-order valence-corrected chi connectivity index (χ4v) is 2.75. The van der Waals surface area contributed by atoms with Gasteiger partial charge in [-0.1, -0.05) is 40.4 Å². The minimum atomic E-state index is -3.48. The molecule has 0 unspecified atom stereocenters. The second kappa shape index (κ2) is 10.3. The molecule has 0 spiro atoms. The van der Waals surface area contributed by atoms with Gasteiger partial charge in [0.15, 0.2) is 14.7 Å². The molecule has 0 radical (unpaired) electrons. The van der Waals surface area contributed by atoms with Crippen LogP contribution in [0, 0.1) is 0 Å². The van der Waals surface area contributed by atoms with Gasteiger partial charge < -0.3 is 10.1 Å². The van der Waals surface area contributed by atoms with Gasteiger partial charge in [0.1, 0.15) is 19.3 Å². The molecule has 0 aliphatic heterocycles. The van der Waals surface area contributed by atoms with Crippen molar-refractivity contribution in [3.05, 3.63) is 40.3 Å². The van der Waals surface area contributed by atoms with Gasteiger partial charge in [-0.2, -0.15) is 0 Å². The van der Waals surface area contributed by atoms with E-state index in [1.54, 1.807) is 0 Å². The Labute approximate surface area is 164 Å². The van der Waals surface area contributed by atoms with Crippen molar-refractivity contribution in [1.29, 1.82) is 0 Å². The molecule has 1 amide bonds. The average molecular weight is 441 g/mol. The highest BCUT2D eigenvalue weighted by Gasteiger charge is 2.30. The van der Waals surface area contributed by atoms with Gasteiger partial charge in [-0.25, -0.2) is 12.8 Å². The second-order valence-corrected chi connectivity index (χ2v) is 8.32. The number of alkyl halides is 3. The Bertz CT molecular complexity index is 828. The highest BCUT2D eigenvalue weighted by molar-refractivity contribution is 7.90. The van der Waals surface area contributed by atoms with Crippen molar-refractivity contribution in [1.82, 2.24) is 5.32 Å². The van der Waals surface area contributed by atoms with Gasteiger partial charge in [0.2, 0.25) is 0 Å². The van der Waals surface area contributed by atoms with E-state index in [9.17, 15) is 22.4 Å². The average Bonchev–Trinajstić information content (AvgIpc) is 2.61. The van der Waals surface area contributed by atoms with Gasteiger partial charge in [0.05, 0.1) is 10.9 Å². The molecular formula is C14H15Cl2FN4O5S. The lowest BCUT2D eigenvalue weighted by atomic mass is 10.0. The summed E-state index contributed by atoms with van der Waals surface area (Å²) in [5.41, 5.74) is 8.45. The zero-order chi connectivity index (χ0) is 20.6. The maximum absolute atomic E-state index is 13.5. The van der Waals surface area contributed by atoms with E-state index in [0.29, 0.717) is 0 Å². The number of azide groups is 1. The molecule has 1 aromatic rings. The highest BCUT2D eigenvalue weighted by Crippen LogP contribution is 2.24. The third-order valence-electron chi connectivity index (χ3n) is 3.22. The van der Waals surface area contributed by atoms with E-state index in [1.165, 1.54) is 24.3 Å². The summed E-state index contributed by atoms with van der Waals surface area (Å²) in [5.74, 6) is -1.89. The number of carbonyl (C=O) groups is 2. The van der Waals surface area contributed by atoms with Crippen LogP contribution in [0.2, 0.25) is 0 Å². The van der Waals surface area contributed by atoms with Crippen LogP contribution in [-0.2, 0) is 24.2 Å². The van der Waals surface area contributed by atoms with E-state index >= 15 is 0 Å². The van der Waals surface area contributed by atoms with Gasteiger partial charge in [0.25, 0.3) is 5.91 Å².